The monoisotopic (exact) mass is 656 g/mol. The van der Waals surface area contributed by atoms with E-state index in [1.807, 2.05) is 0 Å². The van der Waals surface area contributed by atoms with Gasteiger partial charge in [-0.1, -0.05) is 11.6 Å². The molecular weight excluding hydrogens is 627 g/mol. The Kier molecular flexibility index (Phi) is 9.81. The first-order valence-electron chi connectivity index (χ1n) is 14.9. The predicted molar refractivity (Wildman–Crippen MR) is 175 cm³/mol. The molecule has 0 aliphatic carbocycles. The molecule has 13 heteroatoms. The van der Waals surface area contributed by atoms with Gasteiger partial charge in [0.2, 0.25) is 5.43 Å². The number of aromatic nitrogens is 3. The summed E-state index contributed by atoms with van der Waals surface area (Å²) in [6.45, 7) is 4.70. The average molecular weight is 657 g/mol. The van der Waals surface area contributed by atoms with Crippen molar-refractivity contribution in [1.82, 2.24) is 24.8 Å². The number of pyridine rings is 3. The van der Waals surface area contributed by atoms with E-state index in [4.69, 9.17) is 21.1 Å². The van der Waals surface area contributed by atoms with Crippen molar-refractivity contribution in [3.8, 4) is 17.2 Å². The number of hydrogen-bond donors (Lipinski definition) is 2. The SMILES string of the molecule is O=C(NCCCN1CCOCC1)c1cc(Oc2ccc(NC(=O)c3cn(-c4ccc(F)c(Cl)c4)c4ncccc4c3=O)cc2)ccn1. The van der Waals surface area contributed by atoms with E-state index in [9.17, 15) is 18.8 Å². The van der Waals surface area contributed by atoms with Crippen LogP contribution in [0.4, 0.5) is 10.1 Å². The van der Waals surface area contributed by atoms with Crippen molar-refractivity contribution in [2.45, 2.75) is 6.42 Å². The number of ether oxygens (including phenoxy) is 2. The number of morpholine rings is 1. The van der Waals surface area contributed by atoms with Gasteiger partial charge in [-0.05, 0) is 73.6 Å². The Balaban J connectivity index is 1.11. The molecule has 1 aliphatic heterocycles. The largest absolute Gasteiger partial charge is 0.457 e. The van der Waals surface area contributed by atoms with Crippen LogP contribution in [0.15, 0.2) is 90.1 Å². The fraction of sp³-hybridized carbons (Fsp3) is 0.206. The second kappa shape index (κ2) is 14.5. The summed E-state index contributed by atoms with van der Waals surface area (Å²) < 4.78 is 26.6. The maximum atomic E-state index is 13.8. The molecule has 240 valence electrons. The van der Waals surface area contributed by atoms with Crippen LogP contribution in [0.1, 0.15) is 27.3 Å². The molecule has 4 heterocycles. The van der Waals surface area contributed by atoms with Crippen LogP contribution in [0.2, 0.25) is 5.02 Å². The van der Waals surface area contributed by atoms with E-state index in [1.165, 1.54) is 41.4 Å². The van der Waals surface area contributed by atoms with Gasteiger partial charge in [0.25, 0.3) is 11.8 Å². The normalized spacial score (nSPS) is 13.3. The number of halogens is 2. The van der Waals surface area contributed by atoms with Crippen molar-refractivity contribution in [3.63, 3.8) is 0 Å². The smallest absolute Gasteiger partial charge is 0.270 e. The van der Waals surface area contributed by atoms with Gasteiger partial charge in [-0.25, -0.2) is 9.37 Å². The predicted octanol–water partition coefficient (Wildman–Crippen LogP) is 5.07. The minimum atomic E-state index is -0.647. The quantitative estimate of drug-likeness (QED) is 0.200. The number of nitrogens with zero attached hydrogens (tertiary/aromatic N) is 4. The highest BCUT2D eigenvalue weighted by molar-refractivity contribution is 6.30. The van der Waals surface area contributed by atoms with Crippen LogP contribution in [-0.4, -0.2) is 70.6 Å². The number of carbonyl (C=O) groups excluding carboxylic acids is 2. The Morgan fingerprint density at radius 2 is 1.77 bits per heavy atom. The summed E-state index contributed by atoms with van der Waals surface area (Å²) >= 11 is 6.00. The third kappa shape index (κ3) is 7.63. The standard InChI is InChI=1S/C34H30ClFN6O5/c35-28-19-23(6-9-29(28)36)42-21-27(31(43)26-3-1-11-38-32(26)42)33(44)40-22-4-7-24(8-5-22)47-25-10-13-37-30(20-25)34(45)39-12-2-14-41-15-17-46-18-16-41/h1,3-11,13,19-21H,2,12,14-18H2,(H,39,45)(H,40,44). The summed E-state index contributed by atoms with van der Waals surface area (Å²) in [4.78, 5) is 50.0. The Hall–Kier alpha value is -5.17. The number of hydrogen-bond acceptors (Lipinski definition) is 8. The number of carbonyl (C=O) groups is 2. The third-order valence-corrected chi connectivity index (χ3v) is 7.83. The van der Waals surface area contributed by atoms with Crippen molar-refractivity contribution in [1.29, 1.82) is 0 Å². The summed E-state index contributed by atoms with van der Waals surface area (Å²) in [6.07, 6.45) is 5.19. The minimum absolute atomic E-state index is 0.111. The van der Waals surface area contributed by atoms with Gasteiger partial charge in [-0.3, -0.25) is 24.3 Å². The van der Waals surface area contributed by atoms with E-state index in [0.29, 0.717) is 35.1 Å². The highest BCUT2D eigenvalue weighted by Crippen LogP contribution is 2.25. The molecule has 0 atom stereocenters. The number of rotatable bonds is 10. The van der Waals surface area contributed by atoms with Crippen LogP contribution in [0, 0.1) is 5.82 Å². The van der Waals surface area contributed by atoms with Gasteiger partial charge < -0.3 is 24.7 Å². The molecule has 0 bridgehead atoms. The van der Waals surface area contributed by atoms with Crippen molar-refractivity contribution in [2.24, 2.45) is 0 Å². The van der Waals surface area contributed by atoms with E-state index < -0.39 is 17.2 Å². The molecule has 3 aromatic heterocycles. The lowest BCUT2D eigenvalue weighted by molar-refractivity contribution is 0.0374. The Labute approximate surface area is 273 Å². The van der Waals surface area contributed by atoms with Gasteiger partial charge in [0, 0.05) is 55.7 Å². The molecule has 47 heavy (non-hydrogen) atoms. The van der Waals surface area contributed by atoms with Crippen LogP contribution in [0.5, 0.6) is 11.5 Å². The van der Waals surface area contributed by atoms with Crippen LogP contribution in [0.3, 0.4) is 0 Å². The molecule has 1 aliphatic rings. The lowest BCUT2D eigenvalue weighted by Gasteiger charge is -2.26. The Morgan fingerprint density at radius 3 is 2.55 bits per heavy atom. The highest BCUT2D eigenvalue weighted by Gasteiger charge is 2.18. The summed E-state index contributed by atoms with van der Waals surface area (Å²) in [7, 11) is 0. The second-order valence-electron chi connectivity index (χ2n) is 10.7. The zero-order valence-corrected chi connectivity index (χ0v) is 25.9. The second-order valence-corrected chi connectivity index (χ2v) is 11.1. The van der Waals surface area contributed by atoms with Crippen LogP contribution in [-0.2, 0) is 4.74 Å². The number of nitrogens with one attached hydrogen (secondary N) is 2. The third-order valence-electron chi connectivity index (χ3n) is 7.54. The summed E-state index contributed by atoms with van der Waals surface area (Å²) in [5.41, 5.74) is 0.711. The Morgan fingerprint density at radius 1 is 0.957 bits per heavy atom. The van der Waals surface area contributed by atoms with Crippen molar-refractivity contribution < 1.29 is 23.5 Å². The minimum Gasteiger partial charge on any atom is -0.457 e. The molecule has 1 fully saturated rings. The Bertz CT molecular complexity index is 1980. The molecule has 2 amide bonds. The van der Waals surface area contributed by atoms with Gasteiger partial charge in [-0.2, -0.15) is 0 Å². The first-order valence-corrected chi connectivity index (χ1v) is 15.3. The van der Waals surface area contributed by atoms with Crippen molar-refractivity contribution >= 4 is 40.1 Å². The zero-order valence-electron chi connectivity index (χ0n) is 25.1. The fourth-order valence-corrected chi connectivity index (χ4v) is 5.29. The molecule has 0 unspecified atom stereocenters. The number of fused-ring (bicyclic) bond motifs is 1. The zero-order chi connectivity index (χ0) is 32.8. The maximum absolute atomic E-state index is 13.8. The average Bonchev–Trinajstić information content (AvgIpc) is 3.09. The van der Waals surface area contributed by atoms with Crippen LogP contribution in [0.25, 0.3) is 16.7 Å². The van der Waals surface area contributed by atoms with E-state index in [-0.39, 0.29) is 27.6 Å². The van der Waals surface area contributed by atoms with Crippen LogP contribution < -0.4 is 20.8 Å². The van der Waals surface area contributed by atoms with Crippen LogP contribution >= 0.6 is 11.6 Å². The van der Waals surface area contributed by atoms with Gasteiger partial charge in [0.05, 0.1) is 23.6 Å². The summed E-state index contributed by atoms with van der Waals surface area (Å²) in [5.74, 6) is -0.660. The topological polar surface area (TPSA) is 128 Å². The molecule has 0 spiro atoms. The molecule has 1 saturated heterocycles. The molecule has 11 nitrogen and oxygen atoms in total. The molecule has 6 rings (SSSR count). The molecular formula is C34H30ClFN6O5. The van der Waals surface area contributed by atoms with E-state index in [1.54, 1.807) is 48.5 Å². The fourth-order valence-electron chi connectivity index (χ4n) is 5.11. The lowest BCUT2D eigenvalue weighted by atomic mass is 10.1. The maximum Gasteiger partial charge on any atom is 0.270 e. The van der Waals surface area contributed by atoms with Gasteiger partial charge in [-0.15, -0.1) is 0 Å². The number of anilines is 1. The first-order chi connectivity index (χ1) is 22.9. The van der Waals surface area contributed by atoms with E-state index in [2.05, 4.69) is 25.5 Å². The molecule has 0 radical (unpaired) electrons. The highest BCUT2D eigenvalue weighted by atomic mass is 35.5. The molecule has 2 aromatic carbocycles. The molecule has 2 N–H and O–H groups in total. The molecule has 5 aromatic rings. The van der Waals surface area contributed by atoms with Crippen molar-refractivity contribution in [2.75, 3.05) is 44.7 Å². The summed E-state index contributed by atoms with van der Waals surface area (Å²) in [5, 5.41) is 5.73. The van der Waals surface area contributed by atoms with E-state index in [0.717, 1.165) is 39.3 Å². The number of benzene rings is 2. The molecule has 0 saturated carbocycles. The lowest BCUT2D eigenvalue weighted by Crippen LogP contribution is -2.38. The van der Waals surface area contributed by atoms with E-state index >= 15 is 0 Å². The summed E-state index contributed by atoms with van der Waals surface area (Å²) in [6, 6.07) is 17.0. The van der Waals surface area contributed by atoms with Crippen molar-refractivity contribution in [3.05, 3.63) is 118 Å². The van der Waals surface area contributed by atoms with Gasteiger partial charge >= 0.3 is 0 Å². The first kappa shape index (κ1) is 31.8. The van der Waals surface area contributed by atoms with Gasteiger partial charge in [0.1, 0.15) is 34.2 Å². The van der Waals surface area contributed by atoms with Gasteiger partial charge in [0.15, 0.2) is 0 Å². The number of amides is 2.